The van der Waals surface area contributed by atoms with Gasteiger partial charge in [0.15, 0.2) is 0 Å². The third kappa shape index (κ3) is 9.21. The van der Waals surface area contributed by atoms with E-state index >= 15 is 0 Å². The molecule has 11 heavy (non-hydrogen) atoms. The lowest BCUT2D eigenvalue weighted by Gasteiger charge is -1.82. The largest absolute Gasteiger partial charge is 0.265 e. The summed E-state index contributed by atoms with van der Waals surface area (Å²) < 4.78 is 0. The maximum atomic E-state index is 5.32. The van der Waals surface area contributed by atoms with Crippen molar-refractivity contribution in [2.45, 2.75) is 27.7 Å². The number of hydrogen-bond acceptors (Lipinski definition) is 1. The third-order valence-electron chi connectivity index (χ3n) is 0.706. The molecule has 0 saturated heterocycles. The highest BCUT2D eigenvalue weighted by molar-refractivity contribution is 6.32. The predicted molar refractivity (Wildman–Crippen MR) is 52.3 cm³/mol. The summed E-state index contributed by atoms with van der Waals surface area (Å²) in [5.41, 5.74) is 0.759. The van der Waals surface area contributed by atoms with Crippen LogP contribution in [0.3, 0.4) is 0 Å². The van der Waals surface area contributed by atoms with E-state index in [0.717, 1.165) is 5.46 Å². The minimum absolute atomic E-state index is 0.759. The normalized spacial score (nSPS) is 6.55. The topological polar surface area (TPSA) is 12.9 Å². The molecule has 0 unspecified atom stereocenters. The van der Waals surface area contributed by atoms with Crippen molar-refractivity contribution in [2.24, 2.45) is 0 Å². The van der Waals surface area contributed by atoms with Gasteiger partial charge in [0.05, 0.1) is 0 Å². The van der Waals surface area contributed by atoms with Crippen LogP contribution in [0.4, 0.5) is 0 Å². The van der Waals surface area contributed by atoms with Gasteiger partial charge in [-0.1, -0.05) is 45.3 Å². The summed E-state index contributed by atoms with van der Waals surface area (Å²) in [4.78, 5) is 3.77. The summed E-state index contributed by atoms with van der Waals surface area (Å²) in [5.74, 6) is 0. The fourth-order valence-corrected chi connectivity index (χ4v) is 0.363. The number of rotatable bonds is 0. The van der Waals surface area contributed by atoms with Gasteiger partial charge in [-0.05, 0) is 0 Å². The van der Waals surface area contributed by atoms with Crippen LogP contribution in [0.25, 0.3) is 0 Å². The average molecular weight is 149 g/mol. The monoisotopic (exact) mass is 149 g/mol. The van der Waals surface area contributed by atoms with Gasteiger partial charge in [-0.25, -0.2) is 0 Å². The third-order valence-corrected chi connectivity index (χ3v) is 0.706. The highest BCUT2D eigenvalue weighted by atomic mass is 14.6. The van der Waals surface area contributed by atoms with Crippen LogP contribution in [0.1, 0.15) is 27.7 Å². The predicted octanol–water partition coefficient (Wildman–Crippen LogP) is 1.93. The molecule has 60 valence electrons. The van der Waals surface area contributed by atoms with Crippen molar-refractivity contribution in [3.63, 3.8) is 0 Å². The van der Waals surface area contributed by atoms with E-state index < -0.39 is 0 Å². The molecule has 0 aliphatic heterocycles. The zero-order chi connectivity index (χ0) is 9.11. The van der Waals surface area contributed by atoms with Crippen LogP contribution >= 0.6 is 0 Å². The van der Waals surface area contributed by atoms with Crippen LogP contribution in [-0.4, -0.2) is 12.8 Å². The van der Waals surface area contributed by atoms with Gasteiger partial charge in [0.25, 0.3) is 0 Å². The Balaban J connectivity index is 0. The number of pyridine rings is 1. The summed E-state index contributed by atoms with van der Waals surface area (Å²) in [5, 5.41) is 0. The van der Waals surface area contributed by atoms with E-state index in [1.807, 2.05) is 27.7 Å². The summed E-state index contributed by atoms with van der Waals surface area (Å²) >= 11 is 0. The van der Waals surface area contributed by atoms with Crippen LogP contribution < -0.4 is 5.46 Å². The van der Waals surface area contributed by atoms with E-state index in [4.69, 9.17) is 7.85 Å². The first kappa shape index (κ1) is 12.9. The van der Waals surface area contributed by atoms with E-state index in [1.165, 1.54) is 0 Å². The van der Waals surface area contributed by atoms with Gasteiger partial charge >= 0.3 is 0 Å². The van der Waals surface area contributed by atoms with Gasteiger partial charge in [0, 0.05) is 12.4 Å². The highest BCUT2D eigenvalue weighted by Gasteiger charge is 1.72. The SMILES string of the molecule is CC.CC.[B]c1ccncc1. The van der Waals surface area contributed by atoms with E-state index in [-0.39, 0.29) is 0 Å². The smallest absolute Gasteiger partial charge is 0.113 e. The van der Waals surface area contributed by atoms with Crippen LogP contribution in [0.2, 0.25) is 0 Å². The summed E-state index contributed by atoms with van der Waals surface area (Å²) in [6, 6.07) is 3.50. The first-order chi connectivity index (χ1) is 5.39. The van der Waals surface area contributed by atoms with Crippen molar-refractivity contribution in [1.82, 2.24) is 4.98 Å². The molecule has 0 atom stereocenters. The second-order valence-corrected chi connectivity index (χ2v) is 1.28. The fraction of sp³-hybridized carbons (Fsp3) is 0.444. The molecule has 0 aliphatic carbocycles. The number of nitrogens with zero attached hydrogens (tertiary/aromatic N) is 1. The molecular formula is C9H16BN. The van der Waals surface area contributed by atoms with Crippen molar-refractivity contribution in [1.29, 1.82) is 0 Å². The van der Waals surface area contributed by atoms with Crippen LogP contribution in [0.5, 0.6) is 0 Å². The van der Waals surface area contributed by atoms with Crippen LogP contribution in [0, 0.1) is 0 Å². The van der Waals surface area contributed by atoms with Crippen molar-refractivity contribution in [2.75, 3.05) is 0 Å². The zero-order valence-corrected chi connectivity index (χ0v) is 7.83. The lowest BCUT2D eigenvalue weighted by Crippen LogP contribution is -1.98. The molecule has 0 spiro atoms. The zero-order valence-electron chi connectivity index (χ0n) is 7.83. The molecule has 0 fully saturated rings. The number of aromatic nitrogens is 1. The molecule has 1 rings (SSSR count). The minimum Gasteiger partial charge on any atom is -0.265 e. The molecule has 0 amide bonds. The molecule has 0 bridgehead atoms. The van der Waals surface area contributed by atoms with Crippen LogP contribution in [-0.2, 0) is 0 Å². The van der Waals surface area contributed by atoms with E-state index in [1.54, 1.807) is 24.5 Å². The highest BCUT2D eigenvalue weighted by Crippen LogP contribution is 1.69. The Hall–Kier alpha value is -0.785. The number of hydrogen-bond donors (Lipinski definition) is 0. The minimum atomic E-state index is 0.759. The second kappa shape index (κ2) is 11.9. The van der Waals surface area contributed by atoms with Gasteiger partial charge in [-0.3, -0.25) is 4.98 Å². The van der Waals surface area contributed by atoms with E-state index in [9.17, 15) is 0 Å². The molecule has 1 heterocycles. The Morgan fingerprint density at radius 1 is 1.00 bits per heavy atom. The molecule has 2 radical (unpaired) electrons. The van der Waals surface area contributed by atoms with Crippen LogP contribution in [0.15, 0.2) is 24.5 Å². The maximum absolute atomic E-state index is 5.32. The lowest BCUT2D eigenvalue weighted by molar-refractivity contribution is 1.34. The van der Waals surface area contributed by atoms with Gasteiger partial charge < -0.3 is 0 Å². The van der Waals surface area contributed by atoms with Crippen molar-refractivity contribution in [3.05, 3.63) is 24.5 Å². The summed E-state index contributed by atoms with van der Waals surface area (Å²) in [6.45, 7) is 8.00. The molecule has 1 aromatic rings. The Morgan fingerprint density at radius 2 is 1.36 bits per heavy atom. The molecule has 0 saturated carbocycles. The van der Waals surface area contributed by atoms with E-state index in [2.05, 4.69) is 4.98 Å². The van der Waals surface area contributed by atoms with Crippen molar-refractivity contribution >= 4 is 13.3 Å². The Bertz CT molecular complexity index is 139. The van der Waals surface area contributed by atoms with E-state index in [0.29, 0.717) is 0 Å². The first-order valence-electron chi connectivity index (χ1n) is 4.05. The Labute approximate surface area is 71.3 Å². The molecule has 0 N–H and O–H groups in total. The van der Waals surface area contributed by atoms with Gasteiger partial charge in [-0.15, -0.1) is 0 Å². The molecular weight excluding hydrogens is 133 g/mol. The summed E-state index contributed by atoms with van der Waals surface area (Å²) in [6.07, 6.45) is 3.32. The maximum Gasteiger partial charge on any atom is 0.113 e. The molecule has 0 aliphatic rings. The molecule has 2 heteroatoms. The molecule has 0 aromatic carbocycles. The fourth-order valence-electron chi connectivity index (χ4n) is 0.363. The van der Waals surface area contributed by atoms with Gasteiger partial charge in [-0.2, -0.15) is 0 Å². The van der Waals surface area contributed by atoms with Crippen molar-refractivity contribution in [3.8, 4) is 0 Å². The first-order valence-corrected chi connectivity index (χ1v) is 4.05. The molecule has 1 nitrogen and oxygen atoms in total. The summed E-state index contributed by atoms with van der Waals surface area (Å²) in [7, 11) is 5.32. The van der Waals surface area contributed by atoms with Gasteiger partial charge in [0.2, 0.25) is 0 Å². The second-order valence-electron chi connectivity index (χ2n) is 1.28. The Kier molecular flexibility index (Phi) is 14.0. The van der Waals surface area contributed by atoms with Gasteiger partial charge in [0.1, 0.15) is 7.85 Å². The lowest BCUT2D eigenvalue weighted by atomic mass is 9.99. The molecule has 1 aromatic heterocycles. The standard InChI is InChI=1S/C5H4BN.2C2H6/c6-5-1-3-7-4-2-5;2*1-2/h1-4H;2*1-2H3. The average Bonchev–Trinajstić information content (AvgIpc) is 2.13. The Morgan fingerprint density at radius 3 is 1.55 bits per heavy atom. The quantitative estimate of drug-likeness (QED) is 0.513. The van der Waals surface area contributed by atoms with Crippen molar-refractivity contribution < 1.29 is 0 Å².